The molecule has 1 aliphatic heterocycles. The number of amides is 1. The molecule has 1 N–H and O–H groups in total. The Bertz CT molecular complexity index is 742. The van der Waals surface area contributed by atoms with Crippen molar-refractivity contribution in [1.82, 2.24) is 24.7 Å². The second kappa shape index (κ2) is 10.1. The molecular weight excluding hydrogens is 358 g/mol. The fourth-order valence-electron chi connectivity index (χ4n) is 2.99. The van der Waals surface area contributed by atoms with Crippen LogP contribution in [0.2, 0.25) is 0 Å². The van der Waals surface area contributed by atoms with Gasteiger partial charge in [-0.1, -0.05) is 18.2 Å². The average Bonchev–Trinajstić information content (AvgIpc) is 3.08. The van der Waals surface area contributed by atoms with Gasteiger partial charge in [-0.3, -0.25) is 4.90 Å². The molecule has 2 aromatic rings. The number of ether oxygens (including phenoxy) is 2. The fraction of sp³-hybridized carbons (Fsp3) is 0.500. The molecule has 1 fully saturated rings. The van der Waals surface area contributed by atoms with Crippen molar-refractivity contribution in [2.75, 3.05) is 59.5 Å². The largest absolute Gasteiger partial charge is 0.492 e. The van der Waals surface area contributed by atoms with Crippen LogP contribution >= 0.6 is 0 Å². The molecule has 0 radical (unpaired) electrons. The van der Waals surface area contributed by atoms with E-state index >= 15 is 0 Å². The lowest BCUT2D eigenvalue weighted by molar-refractivity contribution is 0.130. The molecule has 0 aliphatic carbocycles. The minimum absolute atomic E-state index is 0.271. The highest BCUT2D eigenvalue weighted by Crippen LogP contribution is 2.11. The van der Waals surface area contributed by atoms with Crippen LogP contribution in [0.3, 0.4) is 0 Å². The Kier molecular flexibility index (Phi) is 7.27. The third-order valence-corrected chi connectivity index (χ3v) is 4.64. The third kappa shape index (κ3) is 5.97. The Balaban J connectivity index is 1.42. The van der Waals surface area contributed by atoms with Gasteiger partial charge in [0.05, 0.1) is 12.2 Å². The van der Waals surface area contributed by atoms with E-state index in [9.17, 15) is 4.79 Å². The molecule has 1 aromatic heterocycles. The maximum Gasteiger partial charge on any atom is 0.329 e. The summed E-state index contributed by atoms with van der Waals surface area (Å²) in [7, 11) is 2.14. The van der Waals surface area contributed by atoms with Gasteiger partial charge < -0.3 is 19.7 Å². The minimum atomic E-state index is -0.271. The number of para-hydroxylation sites is 1. The molecule has 8 nitrogen and oxygen atoms in total. The van der Waals surface area contributed by atoms with E-state index in [2.05, 4.69) is 27.1 Å². The Hall–Kier alpha value is -2.58. The first kappa shape index (κ1) is 20.2. The van der Waals surface area contributed by atoms with Gasteiger partial charge in [-0.2, -0.15) is 0 Å². The molecule has 1 aromatic carbocycles. The summed E-state index contributed by atoms with van der Waals surface area (Å²) in [5.41, 5.74) is 0.741. The van der Waals surface area contributed by atoms with Crippen LogP contribution in [0.4, 0.5) is 4.79 Å². The van der Waals surface area contributed by atoms with Gasteiger partial charge in [0.2, 0.25) is 0 Å². The lowest BCUT2D eigenvalue weighted by atomic mass is 10.3. The van der Waals surface area contributed by atoms with E-state index in [1.54, 1.807) is 6.20 Å². The second-order valence-electron chi connectivity index (χ2n) is 6.92. The summed E-state index contributed by atoms with van der Waals surface area (Å²) in [5.74, 6) is 0.781. The summed E-state index contributed by atoms with van der Waals surface area (Å²) in [5, 5.41) is 2.83. The molecule has 0 spiro atoms. The summed E-state index contributed by atoms with van der Waals surface area (Å²) in [6.07, 6.45) is 1.68. The van der Waals surface area contributed by atoms with E-state index in [0.29, 0.717) is 25.8 Å². The topological polar surface area (TPSA) is 71.9 Å². The summed E-state index contributed by atoms with van der Waals surface area (Å²) >= 11 is 0. The van der Waals surface area contributed by atoms with Crippen LogP contribution < -0.4 is 14.8 Å². The SMILES string of the molecule is Cc1cn(C(=O)NCCOc2ccccc2)c(OCCN2CCN(C)CC2)n1. The highest BCUT2D eigenvalue weighted by Gasteiger charge is 2.16. The van der Waals surface area contributed by atoms with Crippen LogP contribution in [0.25, 0.3) is 0 Å². The van der Waals surface area contributed by atoms with Crippen molar-refractivity contribution in [3.05, 3.63) is 42.2 Å². The molecule has 8 heteroatoms. The summed E-state index contributed by atoms with van der Waals surface area (Å²) in [6.45, 7) is 8.17. The number of carbonyl (C=O) groups is 1. The van der Waals surface area contributed by atoms with Crippen LogP contribution in [0, 0.1) is 6.92 Å². The van der Waals surface area contributed by atoms with Crippen molar-refractivity contribution >= 4 is 6.03 Å². The number of aromatic nitrogens is 2. The van der Waals surface area contributed by atoms with Crippen LogP contribution in [-0.4, -0.2) is 84.9 Å². The standard InChI is InChI=1S/C20H29N5O3/c1-17-16-25(19(26)21-8-14-27-18-6-4-3-5-7-18)20(22-17)28-15-13-24-11-9-23(2)10-12-24/h3-7,16H,8-15H2,1-2H3,(H,21,26). The molecule has 0 unspecified atom stereocenters. The van der Waals surface area contributed by atoms with Gasteiger partial charge in [0.1, 0.15) is 19.0 Å². The number of rotatable bonds is 8. The molecule has 0 bridgehead atoms. The number of carbonyl (C=O) groups excluding carboxylic acids is 1. The van der Waals surface area contributed by atoms with Gasteiger partial charge in [0.25, 0.3) is 0 Å². The Morgan fingerprint density at radius 3 is 2.61 bits per heavy atom. The van der Waals surface area contributed by atoms with Gasteiger partial charge >= 0.3 is 12.0 Å². The van der Waals surface area contributed by atoms with Gasteiger partial charge in [0, 0.05) is 38.9 Å². The first-order valence-corrected chi connectivity index (χ1v) is 9.67. The summed E-state index contributed by atoms with van der Waals surface area (Å²) in [6, 6.07) is 9.57. The summed E-state index contributed by atoms with van der Waals surface area (Å²) in [4.78, 5) is 21.5. The summed E-state index contributed by atoms with van der Waals surface area (Å²) < 4.78 is 12.8. The number of hydrogen-bond donors (Lipinski definition) is 1. The van der Waals surface area contributed by atoms with Crippen LogP contribution in [-0.2, 0) is 0 Å². The molecule has 152 valence electrons. The minimum Gasteiger partial charge on any atom is -0.492 e. The molecule has 1 aliphatic rings. The first-order valence-electron chi connectivity index (χ1n) is 9.67. The van der Waals surface area contributed by atoms with E-state index in [4.69, 9.17) is 9.47 Å². The molecule has 2 heterocycles. The van der Waals surface area contributed by atoms with Gasteiger partial charge in [0.15, 0.2) is 0 Å². The third-order valence-electron chi connectivity index (χ3n) is 4.64. The van der Waals surface area contributed by atoms with Crippen LogP contribution in [0.5, 0.6) is 11.8 Å². The normalized spacial score (nSPS) is 15.4. The highest BCUT2D eigenvalue weighted by atomic mass is 16.5. The maximum atomic E-state index is 12.5. The van der Waals surface area contributed by atoms with Crippen molar-refractivity contribution in [2.45, 2.75) is 6.92 Å². The van der Waals surface area contributed by atoms with Gasteiger partial charge in [-0.05, 0) is 26.1 Å². The number of likely N-dealkylation sites (N-methyl/N-ethyl adjacent to an activating group) is 1. The van der Waals surface area contributed by atoms with Crippen molar-refractivity contribution in [2.24, 2.45) is 0 Å². The van der Waals surface area contributed by atoms with Crippen LogP contribution in [0.15, 0.2) is 36.5 Å². The highest BCUT2D eigenvalue weighted by molar-refractivity contribution is 5.78. The number of piperazine rings is 1. The van der Waals surface area contributed by atoms with E-state index in [-0.39, 0.29) is 6.03 Å². The van der Waals surface area contributed by atoms with Crippen molar-refractivity contribution in [1.29, 1.82) is 0 Å². The van der Waals surface area contributed by atoms with E-state index in [0.717, 1.165) is 44.2 Å². The second-order valence-corrected chi connectivity index (χ2v) is 6.92. The number of hydrogen-bond acceptors (Lipinski definition) is 6. The zero-order valence-electron chi connectivity index (χ0n) is 16.6. The fourth-order valence-corrected chi connectivity index (χ4v) is 2.99. The molecule has 0 atom stereocenters. The lowest BCUT2D eigenvalue weighted by Crippen LogP contribution is -2.45. The Labute approximate surface area is 166 Å². The Morgan fingerprint density at radius 2 is 1.86 bits per heavy atom. The molecule has 0 saturated carbocycles. The molecule has 3 rings (SSSR count). The predicted octanol–water partition coefficient (Wildman–Crippen LogP) is 1.45. The molecule has 28 heavy (non-hydrogen) atoms. The number of nitrogens with one attached hydrogen (secondary N) is 1. The zero-order chi connectivity index (χ0) is 19.8. The van der Waals surface area contributed by atoms with Crippen LogP contribution in [0.1, 0.15) is 5.69 Å². The monoisotopic (exact) mass is 387 g/mol. The number of benzene rings is 1. The number of aryl methyl sites for hydroxylation is 1. The van der Waals surface area contributed by atoms with Gasteiger partial charge in [-0.15, -0.1) is 0 Å². The predicted molar refractivity (Wildman–Crippen MR) is 107 cm³/mol. The first-order chi connectivity index (χ1) is 13.6. The van der Waals surface area contributed by atoms with E-state index in [1.807, 2.05) is 37.3 Å². The average molecular weight is 387 g/mol. The van der Waals surface area contributed by atoms with E-state index in [1.165, 1.54) is 4.57 Å². The van der Waals surface area contributed by atoms with E-state index < -0.39 is 0 Å². The van der Waals surface area contributed by atoms with Crippen molar-refractivity contribution in [3.63, 3.8) is 0 Å². The Morgan fingerprint density at radius 1 is 1.11 bits per heavy atom. The van der Waals surface area contributed by atoms with Crippen molar-refractivity contribution in [3.8, 4) is 11.8 Å². The number of nitrogens with zero attached hydrogens (tertiary/aromatic N) is 4. The zero-order valence-corrected chi connectivity index (χ0v) is 16.6. The lowest BCUT2D eigenvalue weighted by Gasteiger charge is -2.32. The quantitative estimate of drug-likeness (QED) is 0.692. The molecule has 1 saturated heterocycles. The molecular formula is C20H29N5O3. The molecule has 1 amide bonds. The van der Waals surface area contributed by atoms with Crippen molar-refractivity contribution < 1.29 is 14.3 Å². The maximum absolute atomic E-state index is 12.5. The van der Waals surface area contributed by atoms with Gasteiger partial charge in [-0.25, -0.2) is 14.3 Å². The number of imidazole rings is 1. The smallest absolute Gasteiger partial charge is 0.329 e.